The third-order valence-electron chi connectivity index (χ3n) is 3.12. The number of halogens is 1. The number of hydrogen-bond donors (Lipinski definition) is 2. The standard InChI is InChI=1S/C15H15ClN2O4/c16-12-4-1-10(2-5-12)15-11(3-6-13(19)20)9-18(17-15)8-7-14(21)22/h1-2,4-5,9H,3,6-8H2,(H,19,20)(H,21,22). The second kappa shape index (κ2) is 7.09. The van der Waals surface area contributed by atoms with Gasteiger partial charge in [-0.25, -0.2) is 0 Å². The van der Waals surface area contributed by atoms with Gasteiger partial charge in [-0.05, 0) is 24.1 Å². The summed E-state index contributed by atoms with van der Waals surface area (Å²) in [7, 11) is 0. The first-order valence-electron chi connectivity index (χ1n) is 6.71. The molecule has 6 nitrogen and oxygen atoms in total. The van der Waals surface area contributed by atoms with E-state index in [9.17, 15) is 9.59 Å². The van der Waals surface area contributed by atoms with E-state index in [1.165, 1.54) is 4.68 Å². The van der Waals surface area contributed by atoms with Gasteiger partial charge in [0.2, 0.25) is 0 Å². The van der Waals surface area contributed by atoms with Crippen molar-refractivity contribution < 1.29 is 19.8 Å². The number of nitrogens with zero attached hydrogens (tertiary/aromatic N) is 2. The summed E-state index contributed by atoms with van der Waals surface area (Å²) in [4.78, 5) is 21.4. The molecule has 0 aliphatic rings. The summed E-state index contributed by atoms with van der Waals surface area (Å²) in [5.41, 5.74) is 2.25. The summed E-state index contributed by atoms with van der Waals surface area (Å²) in [5, 5.41) is 22.5. The average Bonchev–Trinajstić information content (AvgIpc) is 2.87. The monoisotopic (exact) mass is 322 g/mol. The second-order valence-electron chi connectivity index (χ2n) is 4.81. The molecular weight excluding hydrogens is 308 g/mol. The van der Waals surface area contributed by atoms with Gasteiger partial charge in [-0.3, -0.25) is 14.3 Å². The van der Waals surface area contributed by atoms with Gasteiger partial charge in [-0.15, -0.1) is 0 Å². The first-order valence-corrected chi connectivity index (χ1v) is 7.09. The zero-order valence-electron chi connectivity index (χ0n) is 11.7. The summed E-state index contributed by atoms with van der Waals surface area (Å²) in [6.45, 7) is 0.239. The second-order valence-corrected chi connectivity index (χ2v) is 5.25. The van der Waals surface area contributed by atoms with Crippen molar-refractivity contribution in [2.24, 2.45) is 0 Å². The minimum atomic E-state index is -0.907. The highest BCUT2D eigenvalue weighted by Crippen LogP contribution is 2.25. The summed E-state index contributed by atoms with van der Waals surface area (Å²) in [5.74, 6) is -1.80. The van der Waals surface area contributed by atoms with Crippen LogP contribution in [-0.2, 0) is 22.6 Å². The first kappa shape index (κ1) is 16.0. The molecule has 1 heterocycles. The average molecular weight is 323 g/mol. The number of aryl methyl sites for hydroxylation is 2. The minimum Gasteiger partial charge on any atom is -0.481 e. The maximum absolute atomic E-state index is 10.8. The Morgan fingerprint density at radius 1 is 1.09 bits per heavy atom. The molecule has 2 N–H and O–H groups in total. The summed E-state index contributed by atoms with van der Waals surface area (Å²) in [6, 6.07) is 7.06. The predicted molar refractivity (Wildman–Crippen MR) is 80.9 cm³/mol. The zero-order chi connectivity index (χ0) is 16.1. The summed E-state index contributed by atoms with van der Waals surface area (Å²) < 4.78 is 1.54. The Balaban J connectivity index is 2.29. The number of carboxylic acid groups (broad SMARTS) is 2. The number of carboxylic acids is 2. The van der Waals surface area contributed by atoms with E-state index < -0.39 is 11.9 Å². The van der Waals surface area contributed by atoms with Crippen molar-refractivity contribution in [3.63, 3.8) is 0 Å². The molecule has 0 aliphatic carbocycles. The molecule has 1 aromatic carbocycles. The lowest BCUT2D eigenvalue weighted by atomic mass is 10.0. The van der Waals surface area contributed by atoms with Crippen molar-refractivity contribution in [2.75, 3.05) is 0 Å². The van der Waals surface area contributed by atoms with Gasteiger partial charge in [0.15, 0.2) is 0 Å². The molecule has 0 amide bonds. The van der Waals surface area contributed by atoms with E-state index in [-0.39, 0.29) is 19.4 Å². The number of benzene rings is 1. The molecule has 2 aromatic rings. The van der Waals surface area contributed by atoms with Crippen LogP contribution in [0.25, 0.3) is 11.3 Å². The molecule has 0 radical (unpaired) electrons. The normalized spacial score (nSPS) is 10.6. The van der Waals surface area contributed by atoms with Crippen molar-refractivity contribution in [2.45, 2.75) is 25.8 Å². The molecule has 0 aliphatic heterocycles. The van der Waals surface area contributed by atoms with Crippen LogP contribution in [0.3, 0.4) is 0 Å². The van der Waals surface area contributed by atoms with Crippen molar-refractivity contribution >= 4 is 23.5 Å². The summed E-state index contributed by atoms with van der Waals surface area (Å²) >= 11 is 5.86. The van der Waals surface area contributed by atoms with Crippen LogP contribution in [0.2, 0.25) is 5.02 Å². The highest BCUT2D eigenvalue weighted by Gasteiger charge is 2.13. The molecule has 0 unspecified atom stereocenters. The van der Waals surface area contributed by atoms with E-state index >= 15 is 0 Å². The number of aromatic nitrogens is 2. The smallest absolute Gasteiger partial charge is 0.305 e. The van der Waals surface area contributed by atoms with Crippen molar-refractivity contribution in [3.05, 3.63) is 41.0 Å². The van der Waals surface area contributed by atoms with Gasteiger partial charge >= 0.3 is 11.9 Å². The largest absolute Gasteiger partial charge is 0.481 e. The molecular formula is C15H15ClN2O4. The van der Waals surface area contributed by atoms with E-state index in [4.69, 9.17) is 21.8 Å². The van der Waals surface area contributed by atoms with E-state index in [1.807, 2.05) is 0 Å². The molecule has 1 aromatic heterocycles. The molecule has 0 fully saturated rings. The lowest BCUT2D eigenvalue weighted by molar-refractivity contribution is -0.138. The van der Waals surface area contributed by atoms with E-state index in [0.29, 0.717) is 17.1 Å². The molecule has 22 heavy (non-hydrogen) atoms. The maximum Gasteiger partial charge on any atom is 0.305 e. The van der Waals surface area contributed by atoms with Crippen LogP contribution in [0, 0.1) is 0 Å². The fourth-order valence-corrected chi connectivity index (χ4v) is 2.19. The van der Waals surface area contributed by atoms with Gasteiger partial charge in [-0.1, -0.05) is 23.7 Å². The number of rotatable bonds is 7. The third kappa shape index (κ3) is 4.33. The fraction of sp³-hybridized carbons (Fsp3) is 0.267. The highest BCUT2D eigenvalue weighted by atomic mass is 35.5. The topological polar surface area (TPSA) is 92.4 Å². The molecule has 2 rings (SSSR count). The first-order chi connectivity index (χ1) is 10.5. The van der Waals surface area contributed by atoms with Gasteiger partial charge in [0, 0.05) is 23.2 Å². The molecule has 0 atom stereocenters. The fourth-order valence-electron chi connectivity index (χ4n) is 2.06. The van der Waals surface area contributed by atoms with Crippen LogP contribution in [0.4, 0.5) is 0 Å². The van der Waals surface area contributed by atoms with Crippen molar-refractivity contribution in [1.29, 1.82) is 0 Å². The van der Waals surface area contributed by atoms with Crippen LogP contribution in [0.15, 0.2) is 30.5 Å². The van der Waals surface area contributed by atoms with Crippen LogP contribution in [-0.4, -0.2) is 31.9 Å². The maximum atomic E-state index is 10.8. The Bertz CT molecular complexity index is 679. The lowest BCUT2D eigenvalue weighted by Crippen LogP contribution is -2.04. The Hall–Kier alpha value is -2.34. The Morgan fingerprint density at radius 2 is 1.73 bits per heavy atom. The SMILES string of the molecule is O=C(O)CCc1cn(CCC(=O)O)nc1-c1ccc(Cl)cc1. The van der Waals surface area contributed by atoms with Crippen LogP contribution < -0.4 is 0 Å². The molecule has 116 valence electrons. The number of hydrogen-bond acceptors (Lipinski definition) is 3. The lowest BCUT2D eigenvalue weighted by Gasteiger charge is -2.01. The van der Waals surface area contributed by atoms with Crippen LogP contribution in [0.1, 0.15) is 18.4 Å². The van der Waals surface area contributed by atoms with Gasteiger partial charge in [0.25, 0.3) is 0 Å². The van der Waals surface area contributed by atoms with Gasteiger partial charge < -0.3 is 10.2 Å². The van der Waals surface area contributed by atoms with Crippen molar-refractivity contribution in [3.8, 4) is 11.3 Å². The molecule has 0 spiro atoms. The zero-order valence-corrected chi connectivity index (χ0v) is 12.5. The van der Waals surface area contributed by atoms with Gasteiger partial charge in [0.1, 0.15) is 0 Å². The summed E-state index contributed by atoms with van der Waals surface area (Å²) in [6.07, 6.45) is 1.99. The Labute approximate surface area is 132 Å². The van der Waals surface area contributed by atoms with Crippen molar-refractivity contribution in [1.82, 2.24) is 9.78 Å². The van der Waals surface area contributed by atoms with E-state index in [0.717, 1.165) is 11.1 Å². The van der Waals surface area contributed by atoms with E-state index in [2.05, 4.69) is 5.10 Å². The Morgan fingerprint density at radius 3 is 2.32 bits per heavy atom. The van der Waals surface area contributed by atoms with Crippen LogP contribution >= 0.6 is 11.6 Å². The van der Waals surface area contributed by atoms with Gasteiger partial charge in [0.05, 0.1) is 18.7 Å². The molecule has 7 heteroatoms. The highest BCUT2D eigenvalue weighted by molar-refractivity contribution is 6.30. The quantitative estimate of drug-likeness (QED) is 0.817. The number of aliphatic carboxylic acids is 2. The number of carbonyl (C=O) groups is 2. The predicted octanol–water partition coefficient (Wildman–Crippen LogP) is 2.70. The van der Waals surface area contributed by atoms with Crippen LogP contribution in [0.5, 0.6) is 0 Å². The van der Waals surface area contributed by atoms with E-state index in [1.54, 1.807) is 30.5 Å². The molecule has 0 saturated carbocycles. The van der Waals surface area contributed by atoms with Gasteiger partial charge in [-0.2, -0.15) is 5.10 Å². The minimum absolute atomic E-state index is 0.00872. The molecule has 0 bridgehead atoms. The Kier molecular flexibility index (Phi) is 5.16. The third-order valence-corrected chi connectivity index (χ3v) is 3.37. The molecule has 0 saturated heterocycles.